The predicted octanol–water partition coefficient (Wildman–Crippen LogP) is -0.807. The highest BCUT2D eigenvalue weighted by atomic mass is 32.1. The molecule has 0 aliphatic carbocycles. The molecule has 28 heavy (non-hydrogen) atoms. The molecule has 2 unspecified atom stereocenters. The second-order valence-corrected chi connectivity index (χ2v) is 7.54. The van der Waals surface area contributed by atoms with Crippen LogP contribution >= 0.6 is 11.3 Å². The topological polar surface area (TPSA) is 128 Å². The molecule has 11 heteroatoms. The van der Waals surface area contributed by atoms with Crippen molar-refractivity contribution in [2.45, 2.75) is 32.0 Å². The number of nitrogens with zero attached hydrogens (tertiary/aromatic N) is 2. The molecule has 3 rings (SSSR count). The van der Waals surface area contributed by atoms with Gasteiger partial charge in [-0.1, -0.05) is 6.07 Å². The minimum Gasteiger partial charge on any atom is -0.352 e. The van der Waals surface area contributed by atoms with Crippen molar-refractivity contribution in [2.24, 2.45) is 0 Å². The van der Waals surface area contributed by atoms with Crippen LogP contribution in [-0.4, -0.2) is 71.2 Å². The maximum atomic E-state index is 12.7. The number of hydrogen-bond donors (Lipinski definition) is 3. The van der Waals surface area contributed by atoms with Crippen molar-refractivity contribution in [1.29, 1.82) is 0 Å². The molecule has 0 aromatic carbocycles. The third kappa shape index (κ3) is 3.70. The molecule has 3 heterocycles. The average molecular weight is 407 g/mol. The fourth-order valence-electron chi connectivity index (χ4n) is 3.10. The monoisotopic (exact) mass is 407 g/mol. The van der Waals surface area contributed by atoms with Crippen LogP contribution in [0.25, 0.3) is 0 Å². The lowest BCUT2D eigenvalue weighted by Crippen LogP contribution is -2.64. The van der Waals surface area contributed by atoms with Crippen LogP contribution in [-0.2, 0) is 19.2 Å². The van der Waals surface area contributed by atoms with Crippen LogP contribution in [0.5, 0.6) is 0 Å². The van der Waals surface area contributed by atoms with Crippen molar-refractivity contribution in [1.82, 2.24) is 25.8 Å². The lowest BCUT2D eigenvalue weighted by Gasteiger charge is -2.37. The summed E-state index contributed by atoms with van der Waals surface area (Å²) in [5, 5.41) is 9.36. The number of imide groups is 1. The summed E-state index contributed by atoms with van der Waals surface area (Å²) < 4.78 is 0. The summed E-state index contributed by atoms with van der Waals surface area (Å²) in [7, 11) is 0. The van der Waals surface area contributed by atoms with Crippen molar-refractivity contribution in [3.63, 3.8) is 0 Å². The van der Waals surface area contributed by atoms with Crippen LogP contribution in [0.2, 0.25) is 0 Å². The maximum Gasteiger partial charge on any atom is 0.325 e. The number of urea groups is 1. The van der Waals surface area contributed by atoms with Gasteiger partial charge in [0.2, 0.25) is 11.8 Å². The Morgan fingerprint density at radius 1 is 1.32 bits per heavy atom. The van der Waals surface area contributed by atoms with Crippen LogP contribution in [0.4, 0.5) is 4.79 Å². The normalized spacial score (nSPS) is 23.0. The number of β-lactam (4-membered cyclic amide) rings is 1. The third-order valence-corrected chi connectivity index (χ3v) is 5.66. The molecular weight excluding hydrogens is 386 g/mol. The van der Waals surface area contributed by atoms with Crippen molar-refractivity contribution >= 4 is 41.0 Å². The molecule has 0 spiro atoms. The lowest BCUT2D eigenvalue weighted by molar-refractivity contribution is -0.156. The second-order valence-electron chi connectivity index (χ2n) is 6.56. The highest BCUT2D eigenvalue weighted by Crippen LogP contribution is 2.21. The Morgan fingerprint density at radius 2 is 2.07 bits per heavy atom. The molecule has 2 fully saturated rings. The van der Waals surface area contributed by atoms with Crippen LogP contribution in [0.3, 0.4) is 0 Å². The quantitative estimate of drug-likeness (QED) is 0.435. The van der Waals surface area contributed by atoms with Gasteiger partial charge in [-0.15, -0.1) is 11.3 Å². The Hall–Kier alpha value is -2.95. The number of nitrogens with one attached hydrogen (secondary N) is 3. The predicted molar refractivity (Wildman–Crippen MR) is 99.1 cm³/mol. The van der Waals surface area contributed by atoms with E-state index in [1.807, 2.05) is 0 Å². The first-order valence-corrected chi connectivity index (χ1v) is 9.75. The van der Waals surface area contributed by atoms with E-state index in [9.17, 15) is 24.0 Å². The summed E-state index contributed by atoms with van der Waals surface area (Å²) in [6.07, 6.45) is 0. The first-order valence-electron chi connectivity index (χ1n) is 8.88. The van der Waals surface area contributed by atoms with E-state index in [0.29, 0.717) is 18.0 Å². The van der Waals surface area contributed by atoms with Crippen LogP contribution < -0.4 is 16.0 Å². The van der Waals surface area contributed by atoms with E-state index in [0.717, 1.165) is 4.90 Å². The van der Waals surface area contributed by atoms with Gasteiger partial charge >= 0.3 is 17.8 Å². The van der Waals surface area contributed by atoms with Gasteiger partial charge in [0.15, 0.2) is 0 Å². The summed E-state index contributed by atoms with van der Waals surface area (Å²) in [4.78, 5) is 64.0. The molecule has 150 valence electrons. The van der Waals surface area contributed by atoms with E-state index in [1.165, 1.54) is 16.2 Å². The molecule has 2 saturated heterocycles. The summed E-state index contributed by atoms with van der Waals surface area (Å²) >= 11 is 1.25. The Balaban J connectivity index is 1.74. The first kappa shape index (κ1) is 19.8. The van der Waals surface area contributed by atoms with Gasteiger partial charge in [0.1, 0.15) is 12.1 Å². The zero-order chi connectivity index (χ0) is 20.4. The molecule has 0 saturated carbocycles. The van der Waals surface area contributed by atoms with Crippen LogP contribution in [0.1, 0.15) is 24.8 Å². The van der Waals surface area contributed by atoms with Gasteiger partial charge in [-0.05, 0) is 25.3 Å². The summed E-state index contributed by atoms with van der Waals surface area (Å²) in [6, 6.07) is 0.507. The minimum absolute atomic E-state index is 0.0358. The number of piperazine rings is 1. The van der Waals surface area contributed by atoms with E-state index < -0.39 is 35.8 Å². The molecule has 1 aromatic heterocycles. The zero-order valence-electron chi connectivity index (χ0n) is 15.4. The first-order chi connectivity index (χ1) is 13.3. The summed E-state index contributed by atoms with van der Waals surface area (Å²) in [5.41, 5.74) is 0. The van der Waals surface area contributed by atoms with Gasteiger partial charge < -0.3 is 20.9 Å². The molecule has 10 nitrogen and oxygen atoms in total. The minimum atomic E-state index is -1.08. The molecule has 1 aromatic rings. The standard InChI is InChI=1S/C17H21N5O5S/c1-3-21-9(2)8-22(16(26)15(21)25)17(27)20-12(11-5-4-6-28-11)14(24)19-10-7-18-13(10)23/h4-6,9-10,12H,3,7-8H2,1-2H3,(H,18,23)(H,19,24)(H,20,27)/t9-,10?,12?/m1/s1. The SMILES string of the molecule is CCN1C(=O)C(=O)N(C(=O)NC(C(=O)NC2CNC2=O)c2cccs2)C[C@H]1C. The summed E-state index contributed by atoms with van der Waals surface area (Å²) in [5.74, 6) is -2.54. The number of amides is 6. The third-order valence-electron chi connectivity index (χ3n) is 4.72. The molecular formula is C17H21N5O5S. The zero-order valence-corrected chi connectivity index (χ0v) is 16.2. The number of carbonyl (C=O) groups is 5. The van der Waals surface area contributed by atoms with Gasteiger partial charge in [0, 0.05) is 24.0 Å². The highest BCUT2D eigenvalue weighted by Gasteiger charge is 2.41. The maximum absolute atomic E-state index is 12.7. The van der Waals surface area contributed by atoms with Crippen LogP contribution in [0.15, 0.2) is 17.5 Å². The van der Waals surface area contributed by atoms with E-state index in [-0.39, 0.29) is 18.5 Å². The smallest absolute Gasteiger partial charge is 0.325 e. The van der Waals surface area contributed by atoms with Gasteiger partial charge in [0.25, 0.3) is 0 Å². The molecule has 2 aliphatic heterocycles. The molecule has 3 atom stereocenters. The Morgan fingerprint density at radius 3 is 2.61 bits per heavy atom. The van der Waals surface area contributed by atoms with Crippen molar-refractivity contribution in [3.8, 4) is 0 Å². The molecule has 2 aliphatic rings. The fourth-order valence-corrected chi connectivity index (χ4v) is 3.87. The van der Waals surface area contributed by atoms with Gasteiger partial charge in [0.05, 0.1) is 6.54 Å². The number of hydrogen-bond acceptors (Lipinski definition) is 6. The highest BCUT2D eigenvalue weighted by molar-refractivity contribution is 7.10. The summed E-state index contributed by atoms with van der Waals surface area (Å²) in [6.45, 7) is 4.22. The van der Waals surface area contributed by atoms with Crippen LogP contribution in [0, 0.1) is 0 Å². The van der Waals surface area contributed by atoms with E-state index >= 15 is 0 Å². The number of carbonyl (C=O) groups excluding carboxylic acids is 5. The van der Waals surface area contributed by atoms with Crippen molar-refractivity contribution < 1.29 is 24.0 Å². The number of likely N-dealkylation sites (N-methyl/N-ethyl adjacent to an activating group) is 1. The second kappa shape index (κ2) is 7.97. The molecule has 3 N–H and O–H groups in total. The Labute approximate surface area is 165 Å². The molecule has 0 bridgehead atoms. The Kier molecular flexibility index (Phi) is 5.63. The van der Waals surface area contributed by atoms with E-state index in [1.54, 1.807) is 31.4 Å². The van der Waals surface area contributed by atoms with Gasteiger partial charge in [-0.2, -0.15) is 0 Å². The Bertz CT molecular complexity index is 811. The van der Waals surface area contributed by atoms with Crippen molar-refractivity contribution in [3.05, 3.63) is 22.4 Å². The molecule has 6 amide bonds. The van der Waals surface area contributed by atoms with E-state index in [2.05, 4.69) is 16.0 Å². The molecule has 0 radical (unpaired) electrons. The van der Waals surface area contributed by atoms with Gasteiger partial charge in [-0.3, -0.25) is 24.1 Å². The van der Waals surface area contributed by atoms with Crippen molar-refractivity contribution in [2.75, 3.05) is 19.6 Å². The number of rotatable bonds is 5. The average Bonchev–Trinajstić information content (AvgIpc) is 3.20. The fraction of sp³-hybridized carbons (Fsp3) is 0.471. The van der Waals surface area contributed by atoms with Gasteiger partial charge in [-0.25, -0.2) is 4.79 Å². The number of thiophene rings is 1. The lowest BCUT2D eigenvalue weighted by atomic mass is 10.1. The largest absolute Gasteiger partial charge is 0.352 e. The van der Waals surface area contributed by atoms with E-state index in [4.69, 9.17) is 0 Å².